The molecule has 2 aliphatic heterocycles. The average Bonchev–Trinajstić information content (AvgIpc) is 2.84. The minimum absolute atomic E-state index is 0.327. The molecule has 1 amide bonds. The van der Waals surface area contributed by atoms with Gasteiger partial charge in [-0.2, -0.15) is 0 Å². The van der Waals surface area contributed by atoms with Gasteiger partial charge in [-0.3, -0.25) is 19.6 Å². The first kappa shape index (κ1) is 22.9. The number of nitrogens with zero attached hydrogens (tertiary/aromatic N) is 4. The number of amides is 1. The number of likely N-dealkylation sites (N-methyl/N-ethyl adjacent to an activating group) is 1. The van der Waals surface area contributed by atoms with Crippen LogP contribution in [0.1, 0.15) is 43.2 Å². The Morgan fingerprint density at radius 2 is 1.72 bits per heavy atom. The van der Waals surface area contributed by atoms with Crippen molar-refractivity contribution in [2.24, 2.45) is 5.92 Å². The van der Waals surface area contributed by atoms with Crippen LogP contribution in [0.3, 0.4) is 0 Å². The van der Waals surface area contributed by atoms with E-state index in [0.717, 1.165) is 52.0 Å². The third kappa shape index (κ3) is 6.39. The smallest absolute Gasteiger partial charge is 0.236 e. The number of hydrogen-bond donors (Lipinski definition) is 0. The van der Waals surface area contributed by atoms with Crippen molar-refractivity contribution in [2.45, 2.75) is 51.1 Å². The molecule has 32 heavy (non-hydrogen) atoms. The molecular weight excluding hydrogens is 396 g/mol. The fraction of sp³-hybridized carbons (Fsp3) is 0.556. The molecule has 0 N–H and O–H groups in total. The van der Waals surface area contributed by atoms with E-state index in [1.54, 1.807) is 0 Å². The van der Waals surface area contributed by atoms with Gasteiger partial charge >= 0.3 is 0 Å². The summed E-state index contributed by atoms with van der Waals surface area (Å²) in [7, 11) is 2.24. The van der Waals surface area contributed by atoms with Gasteiger partial charge in [-0.05, 0) is 75.4 Å². The predicted octanol–water partition coefficient (Wildman–Crippen LogP) is 3.85. The van der Waals surface area contributed by atoms with E-state index in [4.69, 9.17) is 0 Å². The minimum Gasteiger partial charge on any atom is -0.342 e. The molecule has 0 spiro atoms. The molecule has 172 valence electrons. The van der Waals surface area contributed by atoms with E-state index >= 15 is 0 Å². The zero-order valence-electron chi connectivity index (χ0n) is 19.5. The highest BCUT2D eigenvalue weighted by Crippen LogP contribution is 2.27. The first-order chi connectivity index (χ1) is 15.7. The SMILES string of the molecule is CN(Cc1cccnc1)[C@@H](Cc1ccccc1)C1CCN(C(=O)CN2CCCCC2)CC1. The molecule has 0 unspecified atom stereocenters. The Morgan fingerprint density at radius 1 is 1.00 bits per heavy atom. The quantitative estimate of drug-likeness (QED) is 0.633. The van der Waals surface area contributed by atoms with E-state index in [9.17, 15) is 4.79 Å². The monoisotopic (exact) mass is 434 g/mol. The van der Waals surface area contributed by atoms with Crippen LogP contribution in [0, 0.1) is 5.92 Å². The number of carbonyl (C=O) groups is 1. The summed E-state index contributed by atoms with van der Waals surface area (Å²) in [5.41, 5.74) is 2.64. The standard InChI is InChI=1S/C27H38N4O/c1-29(21-24-11-8-14-28-20-24)26(19-23-9-4-2-5-10-23)25-12-17-31(18-13-25)27(32)22-30-15-6-3-7-16-30/h2,4-5,8-11,14,20,25-26H,3,6-7,12-13,15-19,21-22H2,1H3/t26-/m0/s1. The summed E-state index contributed by atoms with van der Waals surface area (Å²) in [6.45, 7) is 5.46. The van der Waals surface area contributed by atoms with Crippen molar-refractivity contribution in [1.82, 2.24) is 19.7 Å². The molecule has 0 saturated carbocycles. The lowest BCUT2D eigenvalue weighted by molar-refractivity contribution is -0.134. The lowest BCUT2D eigenvalue weighted by Crippen LogP contribution is -2.49. The molecule has 1 atom stereocenters. The molecule has 0 aliphatic carbocycles. The molecule has 2 saturated heterocycles. The van der Waals surface area contributed by atoms with Gasteiger partial charge in [0, 0.05) is 38.1 Å². The van der Waals surface area contributed by atoms with Gasteiger partial charge in [0.2, 0.25) is 5.91 Å². The zero-order chi connectivity index (χ0) is 22.2. The van der Waals surface area contributed by atoms with Crippen LogP contribution in [0.15, 0.2) is 54.9 Å². The van der Waals surface area contributed by atoms with Crippen molar-refractivity contribution in [1.29, 1.82) is 0 Å². The molecule has 2 aromatic rings. The zero-order valence-corrected chi connectivity index (χ0v) is 19.5. The van der Waals surface area contributed by atoms with Gasteiger partial charge in [0.1, 0.15) is 0 Å². The Bertz CT molecular complexity index is 814. The molecule has 2 fully saturated rings. The van der Waals surface area contributed by atoms with Gasteiger partial charge in [-0.15, -0.1) is 0 Å². The highest BCUT2D eigenvalue weighted by Gasteiger charge is 2.31. The number of benzene rings is 1. The van der Waals surface area contributed by atoms with Crippen LogP contribution >= 0.6 is 0 Å². The second-order valence-corrected chi connectivity index (χ2v) is 9.59. The topological polar surface area (TPSA) is 39.7 Å². The molecule has 5 heteroatoms. The number of piperidine rings is 2. The first-order valence-electron chi connectivity index (χ1n) is 12.3. The van der Waals surface area contributed by atoms with Gasteiger partial charge in [0.15, 0.2) is 0 Å². The lowest BCUT2D eigenvalue weighted by atomic mass is 9.84. The number of hydrogen-bond acceptors (Lipinski definition) is 4. The van der Waals surface area contributed by atoms with E-state index in [2.05, 4.69) is 63.1 Å². The molecule has 3 heterocycles. The third-order valence-corrected chi connectivity index (χ3v) is 7.25. The Kier molecular flexibility index (Phi) is 8.30. The lowest BCUT2D eigenvalue weighted by Gasteiger charge is -2.40. The summed E-state index contributed by atoms with van der Waals surface area (Å²) < 4.78 is 0. The van der Waals surface area contributed by atoms with Gasteiger partial charge in [0.05, 0.1) is 6.54 Å². The van der Waals surface area contributed by atoms with E-state index in [0.29, 0.717) is 24.4 Å². The molecule has 1 aromatic carbocycles. The molecule has 4 rings (SSSR count). The Hall–Kier alpha value is -2.24. The fourth-order valence-electron chi connectivity index (χ4n) is 5.38. The molecule has 2 aliphatic rings. The van der Waals surface area contributed by atoms with Crippen LogP contribution in [-0.4, -0.2) is 71.4 Å². The van der Waals surface area contributed by atoms with Gasteiger partial charge < -0.3 is 4.90 Å². The van der Waals surface area contributed by atoms with Crippen molar-refractivity contribution in [3.05, 3.63) is 66.0 Å². The van der Waals surface area contributed by atoms with Crippen LogP contribution < -0.4 is 0 Å². The largest absolute Gasteiger partial charge is 0.342 e. The second kappa shape index (κ2) is 11.6. The molecule has 0 bridgehead atoms. The number of pyridine rings is 1. The first-order valence-corrected chi connectivity index (χ1v) is 12.3. The summed E-state index contributed by atoms with van der Waals surface area (Å²) in [6.07, 6.45) is 10.8. The third-order valence-electron chi connectivity index (χ3n) is 7.25. The summed E-state index contributed by atoms with van der Waals surface area (Å²) in [5, 5.41) is 0. The Labute approximate surface area is 193 Å². The Balaban J connectivity index is 1.37. The highest BCUT2D eigenvalue weighted by molar-refractivity contribution is 5.78. The van der Waals surface area contributed by atoms with Crippen LogP contribution in [0.2, 0.25) is 0 Å². The summed E-state index contributed by atoms with van der Waals surface area (Å²) in [5.74, 6) is 0.921. The predicted molar refractivity (Wildman–Crippen MR) is 129 cm³/mol. The van der Waals surface area contributed by atoms with Crippen molar-refractivity contribution < 1.29 is 4.79 Å². The molecule has 1 aromatic heterocycles. The molecule has 0 radical (unpaired) electrons. The van der Waals surface area contributed by atoms with E-state index in [1.165, 1.54) is 30.4 Å². The summed E-state index contributed by atoms with van der Waals surface area (Å²) in [4.78, 5) is 24.1. The minimum atomic E-state index is 0.327. The van der Waals surface area contributed by atoms with Crippen LogP contribution in [0.5, 0.6) is 0 Å². The van der Waals surface area contributed by atoms with Gasteiger partial charge in [-0.1, -0.05) is 42.8 Å². The van der Waals surface area contributed by atoms with Crippen molar-refractivity contribution >= 4 is 5.91 Å². The normalized spacial score (nSPS) is 19.2. The maximum absolute atomic E-state index is 12.9. The van der Waals surface area contributed by atoms with Crippen LogP contribution in [0.4, 0.5) is 0 Å². The molecule has 5 nitrogen and oxygen atoms in total. The van der Waals surface area contributed by atoms with Crippen LogP contribution in [-0.2, 0) is 17.8 Å². The highest BCUT2D eigenvalue weighted by atomic mass is 16.2. The van der Waals surface area contributed by atoms with Crippen molar-refractivity contribution in [2.75, 3.05) is 39.8 Å². The summed E-state index contributed by atoms with van der Waals surface area (Å²) >= 11 is 0. The maximum atomic E-state index is 12.9. The molecular formula is C27H38N4O. The fourth-order valence-corrected chi connectivity index (χ4v) is 5.38. The number of carbonyl (C=O) groups excluding carboxylic acids is 1. The number of aromatic nitrogens is 1. The summed E-state index contributed by atoms with van der Waals surface area (Å²) in [6, 6.07) is 15.5. The average molecular weight is 435 g/mol. The van der Waals surface area contributed by atoms with Crippen molar-refractivity contribution in [3.63, 3.8) is 0 Å². The number of rotatable bonds is 8. The maximum Gasteiger partial charge on any atom is 0.236 e. The Morgan fingerprint density at radius 3 is 2.41 bits per heavy atom. The second-order valence-electron chi connectivity index (χ2n) is 9.59. The van der Waals surface area contributed by atoms with Crippen LogP contribution in [0.25, 0.3) is 0 Å². The van der Waals surface area contributed by atoms with Gasteiger partial charge in [0.25, 0.3) is 0 Å². The number of likely N-dealkylation sites (tertiary alicyclic amines) is 2. The van der Waals surface area contributed by atoms with E-state index in [-0.39, 0.29) is 0 Å². The van der Waals surface area contributed by atoms with E-state index in [1.807, 2.05) is 18.5 Å². The van der Waals surface area contributed by atoms with E-state index < -0.39 is 0 Å². The van der Waals surface area contributed by atoms with Crippen molar-refractivity contribution in [3.8, 4) is 0 Å². The van der Waals surface area contributed by atoms with Gasteiger partial charge in [-0.25, -0.2) is 0 Å².